The molecular weight excluding hydrogens is 292 g/mol. The molecule has 0 radical (unpaired) electrons. The molecule has 0 aliphatic carbocycles. The first-order valence-corrected chi connectivity index (χ1v) is 9.66. The van der Waals surface area contributed by atoms with Crippen LogP contribution in [0.25, 0.3) is 0 Å². The van der Waals surface area contributed by atoms with Crippen molar-refractivity contribution >= 4 is 0 Å². The van der Waals surface area contributed by atoms with Crippen LogP contribution in [0.3, 0.4) is 0 Å². The lowest BCUT2D eigenvalue weighted by Gasteiger charge is -2.04. The molecular formula is C23H32O. The maximum Gasteiger partial charge on any atom is 0.115 e. The summed E-state index contributed by atoms with van der Waals surface area (Å²) in [4.78, 5) is 0. The molecule has 0 spiro atoms. The molecule has 2 rings (SSSR count). The van der Waals surface area contributed by atoms with E-state index >= 15 is 0 Å². The summed E-state index contributed by atoms with van der Waals surface area (Å²) < 4.78 is 0. The van der Waals surface area contributed by atoms with Gasteiger partial charge in [-0.1, -0.05) is 87.4 Å². The normalized spacial score (nSPS) is 10.8. The summed E-state index contributed by atoms with van der Waals surface area (Å²) in [5.74, 6) is 0.363. The first-order valence-electron chi connectivity index (χ1n) is 9.66. The molecule has 1 N–H and O–H groups in total. The highest BCUT2D eigenvalue weighted by molar-refractivity contribution is 5.25. The number of rotatable bonds is 12. The van der Waals surface area contributed by atoms with Crippen LogP contribution >= 0.6 is 0 Å². The quantitative estimate of drug-likeness (QED) is 0.431. The Morgan fingerprint density at radius 3 is 1.38 bits per heavy atom. The summed E-state index contributed by atoms with van der Waals surface area (Å²) in [5.41, 5.74) is 2.82. The number of unbranched alkanes of at least 4 members (excludes halogenated alkanes) is 8. The molecule has 2 aromatic carbocycles. The topological polar surface area (TPSA) is 20.2 Å². The van der Waals surface area contributed by atoms with Gasteiger partial charge in [0.15, 0.2) is 0 Å². The van der Waals surface area contributed by atoms with Gasteiger partial charge in [0.1, 0.15) is 5.75 Å². The lowest BCUT2D eigenvalue weighted by molar-refractivity contribution is 0.475. The molecule has 0 fully saturated rings. The van der Waals surface area contributed by atoms with Crippen molar-refractivity contribution in [2.75, 3.05) is 0 Å². The molecule has 0 bridgehead atoms. The Kier molecular flexibility index (Phi) is 9.08. The van der Waals surface area contributed by atoms with Crippen LogP contribution in [0, 0.1) is 0 Å². The van der Waals surface area contributed by atoms with Gasteiger partial charge < -0.3 is 5.11 Å². The van der Waals surface area contributed by atoms with E-state index < -0.39 is 0 Å². The van der Waals surface area contributed by atoms with E-state index in [1.54, 1.807) is 12.1 Å². The van der Waals surface area contributed by atoms with E-state index in [1.807, 2.05) is 12.1 Å². The summed E-state index contributed by atoms with van der Waals surface area (Å²) in [7, 11) is 0. The molecule has 0 aliphatic rings. The van der Waals surface area contributed by atoms with Crippen LogP contribution in [0.1, 0.15) is 68.9 Å². The van der Waals surface area contributed by atoms with E-state index in [1.165, 1.54) is 75.3 Å². The van der Waals surface area contributed by atoms with Gasteiger partial charge in [-0.05, 0) is 48.9 Å². The Morgan fingerprint density at radius 2 is 0.875 bits per heavy atom. The van der Waals surface area contributed by atoms with Crippen LogP contribution in [0.4, 0.5) is 0 Å². The Morgan fingerprint density at radius 1 is 0.458 bits per heavy atom. The van der Waals surface area contributed by atoms with Crippen molar-refractivity contribution in [3.8, 4) is 5.75 Å². The first kappa shape index (κ1) is 18.6. The fraction of sp³-hybridized carbons (Fsp3) is 0.478. The highest BCUT2D eigenvalue weighted by Gasteiger charge is 1.96. The highest BCUT2D eigenvalue weighted by Crippen LogP contribution is 2.15. The zero-order valence-corrected chi connectivity index (χ0v) is 14.9. The Balaban J connectivity index is 1.36. The molecule has 0 aromatic heterocycles. The standard InChI is InChI=1S/C23H32O/c24-23-19-17-22(18-20-23)16-10-7-5-3-1-2-4-6-9-13-21-14-11-8-12-15-21/h8,11-12,14-15,17-20,24H,1-7,9-10,13,16H2. The van der Waals surface area contributed by atoms with Crippen molar-refractivity contribution in [1.29, 1.82) is 0 Å². The molecule has 0 saturated carbocycles. The van der Waals surface area contributed by atoms with Gasteiger partial charge in [0.25, 0.3) is 0 Å². The number of hydrogen-bond donors (Lipinski definition) is 1. The minimum atomic E-state index is 0.363. The number of benzene rings is 2. The Labute approximate surface area is 147 Å². The monoisotopic (exact) mass is 324 g/mol. The van der Waals surface area contributed by atoms with Crippen LogP contribution in [-0.4, -0.2) is 5.11 Å². The van der Waals surface area contributed by atoms with Crippen LogP contribution in [-0.2, 0) is 12.8 Å². The summed E-state index contributed by atoms with van der Waals surface area (Å²) >= 11 is 0. The van der Waals surface area contributed by atoms with Gasteiger partial charge in [-0.3, -0.25) is 0 Å². The molecule has 0 unspecified atom stereocenters. The largest absolute Gasteiger partial charge is 0.508 e. The maximum atomic E-state index is 9.26. The molecule has 1 nitrogen and oxygen atoms in total. The van der Waals surface area contributed by atoms with Crippen molar-refractivity contribution < 1.29 is 5.11 Å². The summed E-state index contributed by atoms with van der Waals surface area (Å²) in [6.45, 7) is 0. The van der Waals surface area contributed by atoms with Gasteiger partial charge in [-0.2, -0.15) is 0 Å². The van der Waals surface area contributed by atoms with Gasteiger partial charge in [0.2, 0.25) is 0 Å². The van der Waals surface area contributed by atoms with Crippen LogP contribution in [0.5, 0.6) is 5.75 Å². The van der Waals surface area contributed by atoms with Crippen LogP contribution in [0.2, 0.25) is 0 Å². The predicted octanol–water partition coefficient (Wildman–Crippen LogP) is 6.69. The lowest BCUT2D eigenvalue weighted by atomic mass is 10.0. The second kappa shape index (κ2) is 11.7. The number of aromatic hydroxyl groups is 1. The number of aryl methyl sites for hydroxylation is 2. The minimum Gasteiger partial charge on any atom is -0.508 e. The summed E-state index contributed by atoms with van der Waals surface area (Å²) in [6.07, 6.45) is 14.6. The molecule has 0 amide bonds. The van der Waals surface area contributed by atoms with E-state index in [-0.39, 0.29) is 0 Å². The SMILES string of the molecule is Oc1ccc(CCCCCCCCCCCc2ccccc2)cc1. The van der Waals surface area contributed by atoms with Gasteiger partial charge in [-0.15, -0.1) is 0 Å². The number of phenols is 1. The zero-order chi connectivity index (χ0) is 16.9. The van der Waals surface area contributed by atoms with E-state index in [0.717, 1.165) is 6.42 Å². The van der Waals surface area contributed by atoms with Crippen molar-refractivity contribution in [1.82, 2.24) is 0 Å². The molecule has 2 aromatic rings. The fourth-order valence-electron chi connectivity index (χ4n) is 3.20. The van der Waals surface area contributed by atoms with Crippen molar-refractivity contribution in [3.63, 3.8) is 0 Å². The third-order valence-corrected chi connectivity index (χ3v) is 4.71. The van der Waals surface area contributed by atoms with Crippen molar-refractivity contribution in [3.05, 3.63) is 65.7 Å². The second-order valence-electron chi connectivity index (χ2n) is 6.83. The fourth-order valence-corrected chi connectivity index (χ4v) is 3.20. The summed E-state index contributed by atoms with van der Waals surface area (Å²) in [5, 5.41) is 9.26. The number of phenolic OH excluding ortho intramolecular Hbond substituents is 1. The van der Waals surface area contributed by atoms with Crippen LogP contribution < -0.4 is 0 Å². The number of hydrogen-bond acceptors (Lipinski definition) is 1. The molecule has 130 valence electrons. The third kappa shape index (κ3) is 8.19. The molecule has 0 atom stereocenters. The van der Waals surface area contributed by atoms with E-state index in [9.17, 15) is 5.11 Å². The van der Waals surface area contributed by atoms with Crippen molar-refractivity contribution in [2.45, 2.75) is 70.6 Å². The van der Waals surface area contributed by atoms with Gasteiger partial charge >= 0.3 is 0 Å². The van der Waals surface area contributed by atoms with Gasteiger partial charge in [0, 0.05) is 0 Å². The molecule has 0 saturated heterocycles. The second-order valence-corrected chi connectivity index (χ2v) is 6.83. The molecule has 0 heterocycles. The molecule has 1 heteroatoms. The molecule has 24 heavy (non-hydrogen) atoms. The van der Waals surface area contributed by atoms with E-state index in [2.05, 4.69) is 30.3 Å². The third-order valence-electron chi connectivity index (χ3n) is 4.71. The smallest absolute Gasteiger partial charge is 0.115 e. The van der Waals surface area contributed by atoms with Gasteiger partial charge in [-0.25, -0.2) is 0 Å². The van der Waals surface area contributed by atoms with E-state index in [4.69, 9.17) is 0 Å². The van der Waals surface area contributed by atoms with Gasteiger partial charge in [0.05, 0.1) is 0 Å². The Hall–Kier alpha value is -1.76. The Bertz CT molecular complexity index is 530. The lowest BCUT2D eigenvalue weighted by Crippen LogP contribution is -1.87. The predicted molar refractivity (Wildman–Crippen MR) is 104 cm³/mol. The highest BCUT2D eigenvalue weighted by atomic mass is 16.3. The average molecular weight is 325 g/mol. The minimum absolute atomic E-state index is 0.363. The van der Waals surface area contributed by atoms with Crippen molar-refractivity contribution in [2.24, 2.45) is 0 Å². The summed E-state index contributed by atoms with van der Waals surface area (Å²) in [6, 6.07) is 18.5. The maximum absolute atomic E-state index is 9.26. The zero-order valence-electron chi connectivity index (χ0n) is 14.9. The van der Waals surface area contributed by atoms with E-state index in [0.29, 0.717) is 5.75 Å². The molecule has 0 aliphatic heterocycles. The first-order chi connectivity index (χ1) is 11.8. The average Bonchev–Trinajstić information content (AvgIpc) is 2.62. The van der Waals surface area contributed by atoms with Crippen LogP contribution in [0.15, 0.2) is 54.6 Å².